The van der Waals surface area contributed by atoms with E-state index in [4.69, 9.17) is 0 Å². The van der Waals surface area contributed by atoms with Crippen LogP contribution in [0.25, 0.3) is 0 Å². The van der Waals surface area contributed by atoms with Gasteiger partial charge in [0.25, 0.3) is 0 Å². The van der Waals surface area contributed by atoms with E-state index in [0.717, 1.165) is 12.1 Å². The highest BCUT2D eigenvalue weighted by Gasteiger charge is 2.16. The summed E-state index contributed by atoms with van der Waals surface area (Å²) in [6.07, 6.45) is 0. The van der Waals surface area contributed by atoms with Crippen molar-refractivity contribution in [3.63, 3.8) is 0 Å². The number of amides is 1. The summed E-state index contributed by atoms with van der Waals surface area (Å²) in [7, 11) is 1.59. The average Bonchev–Trinajstić information content (AvgIpc) is 2.35. The number of carbonyl (C=O) groups is 2. The van der Waals surface area contributed by atoms with Crippen molar-refractivity contribution in [3.8, 4) is 0 Å². The Morgan fingerprint density at radius 2 is 1.90 bits per heavy atom. The van der Waals surface area contributed by atoms with E-state index in [2.05, 4.69) is 5.32 Å². The number of halogens is 2. The summed E-state index contributed by atoms with van der Waals surface area (Å²) in [5, 5.41) is 2.73. The van der Waals surface area contributed by atoms with E-state index < -0.39 is 17.4 Å². The second-order valence-corrected chi connectivity index (χ2v) is 5.42. The monoisotopic (exact) mass is 298 g/mol. The summed E-state index contributed by atoms with van der Waals surface area (Å²) in [6.45, 7) is 4.45. The first-order valence-corrected chi connectivity index (χ1v) is 6.73. The predicted octanol–water partition coefficient (Wildman–Crippen LogP) is 1.85. The Labute approximate surface area is 123 Å². The molecule has 0 bridgehead atoms. The topological polar surface area (TPSA) is 49.4 Å². The maximum absolute atomic E-state index is 13.5. The molecule has 0 aliphatic rings. The quantitative estimate of drug-likeness (QED) is 0.782. The number of likely N-dealkylation sites (N-methyl/N-ethyl adjacent to an activating group) is 1. The lowest BCUT2D eigenvalue weighted by molar-refractivity contribution is -0.121. The molecule has 21 heavy (non-hydrogen) atoms. The van der Waals surface area contributed by atoms with Gasteiger partial charge in [0.2, 0.25) is 5.91 Å². The largest absolute Gasteiger partial charge is 0.355 e. The first kappa shape index (κ1) is 17.2. The molecule has 0 fully saturated rings. The van der Waals surface area contributed by atoms with Crippen molar-refractivity contribution < 1.29 is 18.4 Å². The van der Waals surface area contributed by atoms with Gasteiger partial charge in [-0.2, -0.15) is 0 Å². The lowest BCUT2D eigenvalue weighted by Crippen LogP contribution is -2.38. The number of benzene rings is 1. The molecule has 1 amide bonds. The standard InChI is InChI=1S/C15H20F2N2O2/c1-10(2)7-18-15(21)9-19(3)8-14(20)12-5-4-11(16)6-13(12)17/h4-6,10H,7-9H2,1-3H3,(H,18,21). The van der Waals surface area contributed by atoms with Crippen LogP contribution >= 0.6 is 0 Å². The normalized spacial score (nSPS) is 11.0. The van der Waals surface area contributed by atoms with Gasteiger partial charge in [0.15, 0.2) is 5.78 Å². The molecule has 0 aromatic heterocycles. The van der Waals surface area contributed by atoms with Gasteiger partial charge in [0.1, 0.15) is 11.6 Å². The van der Waals surface area contributed by atoms with Crippen molar-refractivity contribution in [3.05, 3.63) is 35.4 Å². The Hall–Kier alpha value is -1.82. The van der Waals surface area contributed by atoms with Gasteiger partial charge in [0, 0.05) is 12.6 Å². The number of rotatable bonds is 7. The van der Waals surface area contributed by atoms with E-state index >= 15 is 0 Å². The molecule has 4 nitrogen and oxygen atoms in total. The summed E-state index contributed by atoms with van der Waals surface area (Å²) in [6, 6.07) is 2.81. The first-order valence-electron chi connectivity index (χ1n) is 6.73. The minimum atomic E-state index is -0.891. The van der Waals surface area contributed by atoms with Crippen LogP contribution in [0.1, 0.15) is 24.2 Å². The molecule has 1 aromatic rings. The third-order valence-corrected chi connectivity index (χ3v) is 2.77. The zero-order valence-corrected chi connectivity index (χ0v) is 12.5. The minimum Gasteiger partial charge on any atom is -0.355 e. The zero-order chi connectivity index (χ0) is 16.0. The molecule has 116 valence electrons. The van der Waals surface area contributed by atoms with Gasteiger partial charge in [0.05, 0.1) is 18.7 Å². The molecule has 0 unspecified atom stereocenters. The van der Waals surface area contributed by atoms with E-state index in [1.807, 2.05) is 13.8 Å². The van der Waals surface area contributed by atoms with E-state index in [1.54, 1.807) is 7.05 Å². The molecule has 1 N–H and O–H groups in total. The fraction of sp³-hybridized carbons (Fsp3) is 0.467. The van der Waals surface area contributed by atoms with Crippen LogP contribution < -0.4 is 5.32 Å². The summed E-state index contributed by atoms with van der Waals surface area (Å²) >= 11 is 0. The highest BCUT2D eigenvalue weighted by molar-refractivity contribution is 5.98. The summed E-state index contributed by atoms with van der Waals surface area (Å²) in [4.78, 5) is 25.0. The number of carbonyl (C=O) groups excluding carboxylic acids is 2. The highest BCUT2D eigenvalue weighted by atomic mass is 19.1. The number of Topliss-reactive ketones (excluding diaryl/α,β-unsaturated/α-hetero) is 1. The molecule has 6 heteroatoms. The molecule has 0 atom stereocenters. The third-order valence-electron chi connectivity index (χ3n) is 2.77. The predicted molar refractivity (Wildman–Crippen MR) is 76.0 cm³/mol. The molecule has 0 saturated carbocycles. The molecular formula is C15H20F2N2O2. The van der Waals surface area contributed by atoms with Gasteiger partial charge in [-0.05, 0) is 25.1 Å². The van der Waals surface area contributed by atoms with Crippen molar-refractivity contribution in [1.29, 1.82) is 0 Å². The molecule has 0 saturated heterocycles. The smallest absolute Gasteiger partial charge is 0.234 e. The number of nitrogens with one attached hydrogen (secondary N) is 1. The van der Waals surface area contributed by atoms with Gasteiger partial charge >= 0.3 is 0 Å². The van der Waals surface area contributed by atoms with Crippen LogP contribution in [0.5, 0.6) is 0 Å². The van der Waals surface area contributed by atoms with Crippen LogP contribution in [-0.4, -0.2) is 43.3 Å². The van der Waals surface area contributed by atoms with Gasteiger partial charge in [-0.3, -0.25) is 14.5 Å². The molecule has 0 aliphatic heterocycles. The van der Waals surface area contributed by atoms with E-state index in [-0.39, 0.29) is 24.6 Å². The van der Waals surface area contributed by atoms with Crippen molar-refractivity contribution in [2.24, 2.45) is 5.92 Å². The van der Waals surface area contributed by atoms with Gasteiger partial charge < -0.3 is 5.32 Å². The Morgan fingerprint density at radius 3 is 2.48 bits per heavy atom. The number of hydrogen-bond acceptors (Lipinski definition) is 3. The third kappa shape index (κ3) is 5.99. The fourth-order valence-electron chi connectivity index (χ4n) is 1.72. The van der Waals surface area contributed by atoms with Crippen LogP contribution in [0.4, 0.5) is 8.78 Å². The summed E-state index contributed by atoms with van der Waals surface area (Å²) in [5.74, 6) is -1.97. The van der Waals surface area contributed by atoms with E-state index in [1.165, 1.54) is 4.90 Å². The maximum Gasteiger partial charge on any atom is 0.234 e. The Balaban J connectivity index is 2.52. The summed E-state index contributed by atoms with van der Waals surface area (Å²) < 4.78 is 26.2. The molecule has 0 aliphatic carbocycles. The average molecular weight is 298 g/mol. The van der Waals surface area contributed by atoms with Crippen LogP contribution in [0.3, 0.4) is 0 Å². The minimum absolute atomic E-state index is 0.0429. The second-order valence-electron chi connectivity index (χ2n) is 5.42. The van der Waals surface area contributed by atoms with Crippen LogP contribution in [0.15, 0.2) is 18.2 Å². The Bertz CT molecular complexity index is 518. The molecule has 0 heterocycles. The Kier molecular flexibility index (Phi) is 6.42. The van der Waals surface area contributed by atoms with Crippen LogP contribution in [0, 0.1) is 17.6 Å². The fourth-order valence-corrected chi connectivity index (χ4v) is 1.72. The first-order chi connectivity index (χ1) is 9.79. The van der Waals surface area contributed by atoms with E-state index in [9.17, 15) is 18.4 Å². The van der Waals surface area contributed by atoms with Crippen molar-refractivity contribution >= 4 is 11.7 Å². The maximum atomic E-state index is 13.5. The number of nitrogens with zero attached hydrogens (tertiary/aromatic N) is 1. The lowest BCUT2D eigenvalue weighted by atomic mass is 10.1. The molecule has 1 rings (SSSR count). The molecule has 1 aromatic carbocycles. The second kappa shape index (κ2) is 7.83. The highest BCUT2D eigenvalue weighted by Crippen LogP contribution is 2.10. The molecule has 0 radical (unpaired) electrons. The SMILES string of the molecule is CC(C)CNC(=O)CN(C)CC(=O)c1ccc(F)cc1F. The lowest BCUT2D eigenvalue weighted by Gasteiger charge is -2.16. The van der Waals surface area contributed by atoms with E-state index in [0.29, 0.717) is 18.5 Å². The van der Waals surface area contributed by atoms with Crippen molar-refractivity contribution in [1.82, 2.24) is 10.2 Å². The van der Waals surface area contributed by atoms with Crippen molar-refractivity contribution in [2.75, 3.05) is 26.7 Å². The summed E-state index contributed by atoms with van der Waals surface area (Å²) in [5.41, 5.74) is -0.175. The number of hydrogen-bond donors (Lipinski definition) is 1. The van der Waals surface area contributed by atoms with Gasteiger partial charge in [-0.25, -0.2) is 8.78 Å². The van der Waals surface area contributed by atoms with Crippen LogP contribution in [-0.2, 0) is 4.79 Å². The van der Waals surface area contributed by atoms with Crippen molar-refractivity contribution in [2.45, 2.75) is 13.8 Å². The Morgan fingerprint density at radius 1 is 1.24 bits per heavy atom. The molecular weight excluding hydrogens is 278 g/mol. The van der Waals surface area contributed by atoms with Gasteiger partial charge in [-0.1, -0.05) is 13.8 Å². The number of ketones is 1. The zero-order valence-electron chi connectivity index (χ0n) is 12.5. The molecule has 0 spiro atoms. The van der Waals surface area contributed by atoms with Crippen LogP contribution in [0.2, 0.25) is 0 Å². The van der Waals surface area contributed by atoms with Gasteiger partial charge in [-0.15, -0.1) is 0 Å².